The molecule has 4 rings (SSSR count). The molecular formula is C29H31F5O2. The molecule has 0 N–H and O–H groups in total. The second-order valence-electron chi connectivity index (χ2n) is 10.1. The minimum Gasteiger partial charge on any atom is -0.423 e. The van der Waals surface area contributed by atoms with Gasteiger partial charge in [0.2, 0.25) is 0 Å². The van der Waals surface area contributed by atoms with Gasteiger partial charge in [-0.3, -0.25) is 0 Å². The summed E-state index contributed by atoms with van der Waals surface area (Å²) in [6.07, 6.45) is 7.91. The number of alkyl halides is 3. The van der Waals surface area contributed by atoms with Crippen molar-refractivity contribution in [3.8, 4) is 5.75 Å². The van der Waals surface area contributed by atoms with Crippen LogP contribution in [0.4, 0.5) is 22.0 Å². The molecule has 0 radical (unpaired) electrons. The molecule has 7 heteroatoms. The first-order chi connectivity index (χ1) is 17.2. The number of esters is 1. The average Bonchev–Trinajstić information content (AvgIpc) is 2.83. The highest BCUT2D eigenvalue weighted by Gasteiger charge is 2.37. The summed E-state index contributed by atoms with van der Waals surface area (Å²) in [5.74, 6) is -1.17. The summed E-state index contributed by atoms with van der Waals surface area (Å²) in [5, 5.41) is 0. The average molecular weight is 507 g/mol. The maximum absolute atomic E-state index is 15.1. The van der Waals surface area contributed by atoms with Crippen LogP contribution < -0.4 is 4.74 Å². The van der Waals surface area contributed by atoms with E-state index in [0.717, 1.165) is 74.4 Å². The molecule has 36 heavy (non-hydrogen) atoms. The van der Waals surface area contributed by atoms with Gasteiger partial charge in [-0.05, 0) is 112 Å². The minimum absolute atomic E-state index is 0.0229. The lowest BCUT2D eigenvalue weighted by atomic mass is 9.63. The van der Waals surface area contributed by atoms with Crippen LogP contribution in [0.1, 0.15) is 85.7 Å². The highest BCUT2D eigenvalue weighted by atomic mass is 19.4. The summed E-state index contributed by atoms with van der Waals surface area (Å²) in [6, 6.07) is 5.48. The van der Waals surface area contributed by atoms with E-state index in [-0.39, 0.29) is 22.8 Å². The molecule has 2 aliphatic rings. The van der Waals surface area contributed by atoms with Gasteiger partial charge in [0.15, 0.2) is 0 Å². The van der Waals surface area contributed by atoms with Gasteiger partial charge in [0.25, 0.3) is 0 Å². The molecular weight excluding hydrogens is 475 g/mol. The van der Waals surface area contributed by atoms with Gasteiger partial charge in [-0.15, -0.1) is 0 Å². The molecule has 2 aromatic rings. The predicted molar refractivity (Wildman–Crippen MR) is 128 cm³/mol. The van der Waals surface area contributed by atoms with Gasteiger partial charge >= 0.3 is 12.1 Å². The van der Waals surface area contributed by atoms with E-state index in [2.05, 4.69) is 12.2 Å². The zero-order valence-electron chi connectivity index (χ0n) is 20.3. The van der Waals surface area contributed by atoms with E-state index < -0.39 is 29.3 Å². The number of hydrogen-bond acceptors (Lipinski definition) is 2. The number of ether oxygens (including phenoxy) is 1. The van der Waals surface area contributed by atoms with E-state index >= 15 is 8.78 Å². The zero-order valence-corrected chi connectivity index (χ0v) is 20.3. The van der Waals surface area contributed by atoms with Crippen molar-refractivity contribution >= 4 is 5.97 Å². The topological polar surface area (TPSA) is 26.3 Å². The van der Waals surface area contributed by atoms with Gasteiger partial charge in [0.1, 0.15) is 17.4 Å². The van der Waals surface area contributed by atoms with Crippen molar-refractivity contribution < 1.29 is 31.5 Å². The number of carbonyl (C=O) groups excluding carboxylic acids is 1. The summed E-state index contributed by atoms with van der Waals surface area (Å²) in [7, 11) is 0. The quantitative estimate of drug-likeness (QED) is 0.169. The van der Waals surface area contributed by atoms with Crippen LogP contribution in [0, 0.1) is 29.4 Å². The smallest absolute Gasteiger partial charge is 0.416 e. The third-order valence-corrected chi connectivity index (χ3v) is 7.81. The van der Waals surface area contributed by atoms with E-state index in [9.17, 15) is 18.0 Å². The maximum Gasteiger partial charge on any atom is 0.416 e. The lowest BCUT2D eigenvalue weighted by molar-refractivity contribution is -0.137. The van der Waals surface area contributed by atoms with E-state index in [4.69, 9.17) is 4.74 Å². The number of halogens is 5. The van der Waals surface area contributed by atoms with Gasteiger partial charge in [0, 0.05) is 5.56 Å². The summed E-state index contributed by atoms with van der Waals surface area (Å²) in [4.78, 5) is 12.4. The van der Waals surface area contributed by atoms with E-state index in [1.807, 2.05) is 6.92 Å². The normalized spacial score (nSPS) is 24.5. The zero-order chi connectivity index (χ0) is 25.9. The number of allylic oxidation sites excluding steroid dienone is 2. The van der Waals surface area contributed by atoms with Gasteiger partial charge in [-0.2, -0.15) is 13.2 Å². The second-order valence-corrected chi connectivity index (χ2v) is 10.1. The molecule has 2 saturated carbocycles. The Morgan fingerprint density at radius 1 is 0.972 bits per heavy atom. The van der Waals surface area contributed by atoms with Crippen molar-refractivity contribution in [3.05, 3.63) is 76.9 Å². The molecule has 0 spiro atoms. The lowest BCUT2D eigenvalue weighted by Gasteiger charge is -2.42. The van der Waals surface area contributed by atoms with Crippen LogP contribution in [-0.4, -0.2) is 5.97 Å². The molecule has 0 saturated heterocycles. The Labute approximate surface area is 208 Å². The fraction of sp³-hybridized carbons (Fsp3) is 0.483. The van der Waals surface area contributed by atoms with E-state index in [0.29, 0.717) is 18.3 Å². The highest BCUT2D eigenvalue weighted by molar-refractivity contribution is 5.91. The fourth-order valence-electron chi connectivity index (χ4n) is 5.98. The number of carbonyl (C=O) groups is 1. The SMILES string of the molecule is C/C=C/CCC1CCC2CC(c3c(F)cc(C(=O)Oc4ccc(C(F)(F)F)cc4)cc3F)CCC2C1. The van der Waals surface area contributed by atoms with Crippen LogP contribution in [0.5, 0.6) is 5.75 Å². The Morgan fingerprint density at radius 3 is 2.25 bits per heavy atom. The molecule has 4 atom stereocenters. The monoisotopic (exact) mass is 506 g/mol. The highest BCUT2D eigenvalue weighted by Crippen LogP contribution is 2.49. The Bertz CT molecular complexity index is 1070. The lowest BCUT2D eigenvalue weighted by Crippen LogP contribution is -2.31. The first kappa shape index (κ1) is 26.4. The van der Waals surface area contributed by atoms with Crippen LogP contribution in [0.25, 0.3) is 0 Å². The number of fused-ring (bicyclic) bond motifs is 1. The standard InChI is InChI=1S/C29H31F5O2/c1-2-3-4-5-18-6-7-20-15-21(9-8-19(20)14-18)27-25(30)16-22(17-26(27)31)28(35)36-24-12-10-23(11-13-24)29(32,33)34/h2-3,10-13,16-21H,4-9,14-15H2,1H3/b3-2+. The van der Waals surface area contributed by atoms with Crippen molar-refractivity contribution in [2.75, 3.05) is 0 Å². The fourth-order valence-corrected chi connectivity index (χ4v) is 5.98. The number of benzene rings is 2. The van der Waals surface area contributed by atoms with Crippen LogP contribution in [0.3, 0.4) is 0 Å². The first-order valence-corrected chi connectivity index (χ1v) is 12.6. The van der Waals surface area contributed by atoms with Crippen LogP contribution in [0.2, 0.25) is 0 Å². The third-order valence-electron chi connectivity index (χ3n) is 7.81. The number of hydrogen-bond donors (Lipinski definition) is 0. The van der Waals surface area contributed by atoms with Crippen molar-refractivity contribution in [3.63, 3.8) is 0 Å². The molecule has 4 unspecified atom stereocenters. The maximum atomic E-state index is 15.1. The Balaban J connectivity index is 1.40. The van der Waals surface area contributed by atoms with Crippen molar-refractivity contribution in [1.29, 1.82) is 0 Å². The van der Waals surface area contributed by atoms with Crippen LogP contribution >= 0.6 is 0 Å². The van der Waals surface area contributed by atoms with Crippen molar-refractivity contribution in [2.45, 2.75) is 70.4 Å². The molecule has 194 valence electrons. The van der Waals surface area contributed by atoms with Gasteiger partial charge in [-0.1, -0.05) is 18.6 Å². The molecule has 0 amide bonds. The molecule has 2 aromatic carbocycles. The van der Waals surface area contributed by atoms with Crippen LogP contribution in [0.15, 0.2) is 48.6 Å². The van der Waals surface area contributed by atoms with Crippen molar-refractivity contribution in [1.82, 2.24) is 0 Å². The molecule has 0 bridgehead atoms. The first-order valence-electron chi connectivity index (χ1n) is 12.6. The van der Waals surface area contributed by atoms with E-state index in [1.165, 1.54) is 12.8 Å². The Kier molecular flexibility index (Phi) is 8.16. The second kappa shape index (κ2) is 11.1. The van der Waals surface area contributed by atoms with Crippen LogP contribution in [-0.2, 0) is 6.18 Å². The molecule has 0 heterocycles. The summed E-state index contributed by atoms with van der Waals surface area (Å²) in [5.41, 5.74) is -1.18. The summed E-state index contributed by atoms with van der Waals surface area (Å²) >= 11 is 0. The molecule has 2 fully saturated rings. The van der Waals surface area contributed by atoms with Gasteiger partial charge < -0.3 is 4.74 Å². The predicted octanol–water partition coefficient (Wildman–Crippen LogP) is 8.86. The van der Waals surface area contributed by atoms with Gasteiger partial charge in [0.05, 0.1) is 11.1 Å². The molecule has 0 aromatic heterocycles. The molecule has 2 aliphatic carbocycles. The Morgan fingerprint density at radius 2 is 1.61 bits per heavy atom. The molecule has 0 aliphatic heterocycles. The van der Waals surface area contributed by atoms with Gasteiger partial charge in [-0.25, -0.2) is 13.6 Å². The summed E-state index contributed by atoms with van der Waals surface area (Å²) < 4.78 is 73.3. The number of rotatable bonds is 6. The Hall–Kier alpha value is -2.70. The third kappa shape index (κ3) is 6.16. The largest absolute Gasteiger partial charge is 0.423 e. The van der Waals surface area contributed by atoms with E-state index in [1.54, 1.807) is 0 Å². The minimum atomic E-state index is -4.52. The van der Waals surface area contributed by atoms with Crippen molar-refractivity contribution in [2.24, 2.45) is 17.8 Å². The summed E-state index contributed by atoms with van der Waals surface area (Å²) in [6.45, 7) is 2.03. The molecule has 2 nitrogen and oxygen atoms in total.